The summed E-state index contributed by atoms with van der Waals surface area (Å²) in [5, 5.41) is 0. The van der Waals surface area contributed by atoms with E-state index in [-0.39, 0.29) is 0 Å². The lowest BCUT2D eigenvalue weighted by Gasteiger charge is -1.99. The van der Waals surface area contributed by atoms with E-state index < -0.39 is 0 Å². The summed E-state index contributed by atoms with van der Waals surface area (Å²) in [6, 6.07) is 16.4. The van der Waals surface area contributed by atoms with Gasteiger partial charge in [-0.3, -0.25) is 4.98 Å². The van der Waals surface area contributed by atoms with Crippen LogP contribution >= 0.6 is 0 Å². The van der Waals surface area contributed by atoms with Crippen molar-refractivity contribution in [3.63, 3.8) is 0 Å². The van der Waals surface area contributed by atoms with E-state index in [0.29, 0.717) is 0 Å². The van der Waals surface area contributed by atoms with Gasteiger partial charge in [-0.1, -0.05) is 56.3 Å². The summed E-state index contributed by atoms with van der Waals surface area (Å²) in [6.45, 7) is 9.25. The quantitative estimate of drug-likeness (QED) is 0.682. The lowest BCUT2D eigenvalue weighted by Crippen LogP contribution is -1.89. The van der Waals surface area contributed by atoms with Gasteiger partial charge in [0, 0.05) is 18.3 Å². The van der Waals surface area contributed by atoms with Crippen molar-refractivity contribution in [3.05, 3.63) is 78.6 Å². The molecule has 0 aliphatic carbocycles. The van der Waals surface area contributed by atoms with Crippen LogP contribution in [0.25, 0.3) is 0 Å². The van der Waals surface area contributed by atoms with Gasteiger partial charge in [0.1, 0.15) is 0 Å². The third-order valence-electron chi connectivity index (χ3n) is 1.95. The summed E-state index contributed by atoms with van der Waals surface area (Å²) in [7, 11) is 0. The third-order valence-corrected chi connectivity index (χ3v) is 1.95. The Balaban J connectivity index is 0.000000509. The molecular weight excluding hydrogens is 218 g/mol. The van der Waals surface area contributed by atoms with Crippen LogP contribution in [0.3, 0.4) is 0 Å². The lowest BCUT2D eigenvalue weighted by atomic mass is 10.1. The van der Waals surface area contributed by atoms with Gasteiger partial charge in [0.15, 0.2) is 0 Å². The first kappa shape index (κ1) is 16.1. The Morgan fingerprint density at radius 2 is 1.56 bits per heavy atom. The van der Waals surface area contributed by atoms with Crippen LogP contribution in [0.1, 0.15) is 32.0 Å². The molecule has 0 amide bonds. The number of aromatic nitrogens is 1. The zero-order chi connectivity index (χ0) is 13.6. The summed E-state index contributed by atoms with van der Waals surface area (Å²) in [6.07, 6.45) is 4.50. The second-order valence-corrected chi connectivity index (χ2v) is 3.39. The van der Waals surface area contributed by atoms with E-state index in [2.05, 4.69) is 35.8 Å². The summed E-state index contributed by atoms with van der Waals surface area (Å²) in [5.41, 5.74) is 2.43. The van der Waals surface area contributed by atoms with Crippen molar-refractivity contribution in [1.82, 2.24) is 4.98 Å². The van der Waals surface area contributed by atoms with Crippen molar-refractivity contribution < 1.29 is 0 Å². The summed E-state index contributed by atoms with van der Waals surface area (Å²) >= 11 is 0. The maximum absolute atomic E-state index is 4.27. The Kier molecular flexibility index (Phi) is 10.4. The molecule has 1 aromatic carbocycles. The van der Waals surface area contributed by atoms with Gasteiger partial charge in [0.05, 0.1) is 0 Å². The first-order valence-electron chi connectivity index (χ1n) is 6.37. The molecule has 0 radical (unpaired) electrons. The van der Waals surface area contributed by atoms with Gasteiger partial charge in [-0.25, -0.2) is 0 Å². The molecule has 2 aromatic rings. The van der Waals surface area contributed by atoms with Crippen molar-refractivity contribution in [2.75, 3.05) is 0 Å². The minimum Gasteiger partial charge on any atom is -0.261 e. The van der Waals surface area contributed by atoms with Crippen molar-refractivity contribution in [2.24, 2.45) is 0 Å². The number of rotatable bonds is 2. The number of hydrogen-bond acceptors (Lipinski definition) is 1. The molecule has 0 saturated carbocycles. The van der Waals surface area contributed by atoms with E-state index in [1.807, 2.05) is 51.2 Å². The molecule has 1 heteroatoms. The molecule has 18 heavy (non-hydrogen) atoms. The van der Waals surface area contributed by atoms with E-state index in [0.717, 1.165) is 12.1 Å². The third kappa shape index (κ3) is 7.39. The standard InChI is InChI=1S/C12H11N.C3H6.C2H6/c1-2-6-11(7-3-1)10-12-8-4-5-9-13-12;1-3-2;1-2/h1-9H,10H2;3H,1H2,2H3;1-2H3. The van der Waals surface area contributed by atoms with Crippen LogP contribution in [-0.4, -0.2) is 4.98 Å². The molecule has 1 heterocycles. The Morgan fingerprint density at radius 3 is 2.06 bits per heavy atom. The van der Waals surface area contributed by atoms with Crippen LogP contribution in [0.5, 0.6) is 0 Å². The Bertz CT molecular complexity index is 355. The number of nitrogens with zero attached hydrogens (tertiary/aromatic N) is 1. The van der Waals surface area contributed by atoms with Gasteiger partial charge in [-0.15, -0.1) is 6.58 Å². The minimum absolute atomic E-state index is 0.918. The highest BCUT2D eigenvalue weighted by atomic mass is 14.7. The van der Waals surface area contributed by atoms with Crippen LogP contribution in [0.15, 0.2) is 67.4 Å². The average Bonchev–Trinajstić information content (AvgIpc) is 2.44. The summed E-state index contributed by atoms with van der Waals surface area (Å²) in [4.78, 5) is 4.27. The highest BCUT2D eigenvalue weighted by molar-refractivity contribution is 5.21. The first-order valence-corrected chi connectivity index (χ1v) is 6.37. The van der Waals surface area contributed by atoms with Gasteiger partial charge in [-0.2, -0.15) is 0 Å². The number of pyridine rings is 1. The topological polar surface area (TPSA) is 12.9 Å². The van der Waals surface area contributed by atoms with Gasteiger partial charge in [-0.05, 0) is 24.6 Å². The number of hydrogen-bond donors (Lipinski definition) is 0. The predicted molar refractivity (Wildman–Crippen MR) is 80.7 cm³/mol. The zero-order valence-electron chi connectivity index (χ0n) is 11.6. The molecule has 0 unspecified atom stereocenters. The Labute approximate surface area is 111 Å². The Hall–Kier alpha value is -1.89. The maximum atomic E-state index is 4.27. The van der Waals surface area contributed by atoms with E-state index in [4.69, 9.17) is 0 Å². The molecule has 96 valence electrons. The second-order valence-electron chi connectivity index (χ2n) is 3.39. The largest absolute Gasteiger partial charge is 0.261 e. The van der Waals surface area contributed by atoms with Crippen molar-refractivity contribution in [2.45, 2.75) is 27.2 Å². The van der Waals surface area contributed by atoms with Crippen LogP contribution in [0, 0.1) is 0 Å². The van der Waals surface area contributed by atoms with Crippen LogP contribution < -0.4 is 0 Å². The van der Waals surface area contributed by atoms with Crippen LogP contribution in [0.2, 0.25) is 0 Å². The number of allylic oxidation sites excluding steroid dienone is 1. The van der Waals surface area contributed by atoms with E-state index in [1.165, 1.54) is 5.56 Å². The molecule has 0 aliphatic heterocycles. The lowest BCUT2D eigenvalue weighted by molar-refractivity contribution is 1.07. The molecule has 0 spiro atoms. The maximum Gasteiger partial charge on any atom is 0.0447 e. The fraction of sp³-hybridized carbons (Fsp3) is 0.235. The van der Waals surface area contributed by atoms with E-state index in [9.17, 15) is 0 Å². The van der Waals surface area contributed by atoms with E-state index >= 15 is 0 Å². The van der Waals surface area contributed by atoms with Crippen molar-refractivity contribution in [1.29, 1.82) is 0 Å². The van der Waals surface area contributed by atoms with Gasteiger partial charge in [0.2, 0.25) is 0 Å². The monoisotopic (exact) mass is 241 g/mol. The highest BCUT2D eigenvalue weighted by Crippen LogP contribution is 2.05. The molecule has 1 aromatic heterocycles. The van der Waals surface area contributed by atoms with Gasteiger partial charge >= 0.3 is 0 Å². The summed E-state index contributed by atoms with van der Waals surface area (Å²) < 4.78 is 0. The molecule has 1 nitrogen and oxygen atoms in total. The first-order chi connectivity index (χ1) is 8.86. The molecule has 0 bridgehead atoms. The van der Waals surface area contributed by atoms with Gasteiger partial charge in [0.25, 0.3) is 0 Å². The molecule has 2 rings (SSSR count). The predicted octanol–water partition coefficient (Wildman–Crippen LogP) is 4.89. The molecular formula is C17H23N. The molecule has 0 saturated heterocycles. The SMILES string of the molecule is C=CC.CC.c1ccc(Cc2ccccn2)cc1. The average molecular weight is 241 g/mol. The molecule has 0 aliphatic rings. The smallest absolute Gasteiger partial charge is 0.0447 e. The van der Waals surface area contributed by atoms with Crippen molar-refractivity contribution in [3.8, 4) is 0 Å². The number of benzene rings is 1. The summed E-state index contributed by atoms with van der Waals surface area (Å²) in [5.74, 6) is 0. The second kappa shape index (κ2) is 11.6. The highest BCUT2D eigenvalue weighted by Gasteiger charge is 1.94. The van der Waals surface area contributed by atoms with Crippen molar-refractivity contribution >= 4 is 0 Å². The molecule has 0 atom stereocenters. The van der Waals surface area contributed by atoms with E-state index in [1.54, 1.807) is 6.08 Å². The fourth-order valence-corrected chi connectivity index (χ4v) is 1.31. The normalized spacial score (nSPS) is 8.17. The fourth-order valence-electron chi connectivity index (χ4n) is 1.31. The zero-order valence-corrected chi connectivity index (χ0v) is 11.6. The molecule has 0 fully saturated rings. The molecule has 0 N–H and O–H groups in total. The minimum atomic E-state index is 0.918. The van der Waals surface area contributed by atoms with Gasteiger partial charge < -0.3 is 0 Å². The Morgan fingerprint density at radius 1 is 1.00 bits per heavy atom. The van der Waals surface area contributed by atoms with Crippen LogP contribution in [0.4, 0.5) is 0 Å². The van der Waals surface area contributed by atoms with Crippen LogP contribution in [-0.2, 0) is 6.42 Å².